The van der Waals surface area contributed by atoms with E-state index in [1.807, 2.05) is 0 Å². The maximum Gasteiger partial charge on any atom is 0.354 e. The van der Waals surface area contributed by atoms with Gasteiger partial charge in [0, 0.05) is 6.20 Å². The number of imide groups is 1. The summed E-state index contributed by atoms with van der Waals surface area (Å²) in [5, 5.41) is 8.77. The number of fused-ring (bicyclic) bond motifs is 1. The Morgan fingerprint density at radius 2 is 1.90 bits per heavy atom. The lowest BCUT2D eigenvalue weighted by molar-refractivity contribution is 0.0690. The van der Waals surface area contributed by atoms with Crippen LogP contribution in [0, 0.1) is 0 Å². The normalized spacial score (nSPS) is 13.5. The maximum atomic E-state index is 12.1. The summed E-state index contributed by atoms with van der Waals surface area (Å²) in [5.41, 5.74) is 0.353. The second kappa shape index (κ2) is 4.23. The number of hydrogen-bond donors (Lipinski definition) is 1. The molecule has 0 saturated heterocycles. The SMILES string of the molecule is O=C(O)c1ccc(N2C(=O)c3cccnc3C2=O)cn1. The molecular formula is C13H7N3O4. The highest BCUT2D eigenvalue weighted by atomic mass is 16.4. The third-order valence-electron chi connectivity index (χ3n) is 2.87. The van der Waals surface area contributed by atoms with Crippen molar-refractivity contribution in [2.75, 3.05) is 4.90 Å². The van der Waals surface area contributed by atoms with Crippen LogP contribution >= 0.6 is 0 Å². The van der Waals surface area contributed by atoms with Gasteiger partial charge in [-0.1, -0.05) is 0 Å². The van der Waals surface area contributed by atoms with Crippen molar-refractivity contribution in [2.24, 2.45) is 0 Å². The van der Waals surface area contributed by atoms with E-state index >= 15 is 0 Å². The van der Waals surface area contributed by atoms with Gasteiger partial charge in [0.1, 0.15) is 11.4 Å². The van der Waals surface area contributed by atoms with Crippen LogP contribution in [-0.2, 0) is 0 Å². The van der Waals surface area contributed by atoms with Gasteiger partial charge in [-0.15, -0.1) is 0 Å². The van der Waals surface area contributed by atoms with E-state index in [1.54, 1.807) is 6.07 Å². The first kappa shape index (κ1) is 12.0. The van der Waals surface area contributed by atoms with E-state index in [4.69, 9.17) is 5.11 Å². The largest absolute Gasteiger partial charge is 0.477 e. The van der Waals surface area contributed by atoms with Gasteiger partial charge in [-0.2, -0.15) is 0 Å². The molecule has 3 rings (SSSR count). The summed E-state index contributed by atoms with van der Waals surface area (Å²) >= 11 is 0. The first-order valence-electron chi connectivity index (χ1n) is 5.63. The van der Waals surface area contributed by atoms with Crippen LogP contribution in [0.15, 0.2) is 36.7 Å². The molecule has 2 aromatic rings. The molecule has 1 aliphatic rings. The number of hydrogen-bond acceptors (Lipinski definition) is 5. The number of carbonyl (C=O) groups is 3. The number of amides is 2. The standard InChI is InChI=1S/C13H7N3O4/c17-11-8-2-1-5-14-10(8)12(18)16(11)7-3-4-9(13(19)20)15-6-7/h1-6H,(H,19,20). The summed E-state index contributed by atoms with van der Waals surface area (Å²) < 4.78 is 0. The molecule has 0 aromatic carbocycles. The van der Waals surface area contributed by atoms with E-state index in [1.165, 1.54) is 30.6 Å². The van der Waals surface area contributed by atoms with E-state index in [2.05, 4.69) is 9.97 Å². The van der Waals surface area contributed by atoms with Crippen molar-refractivity contribution in [3.63, 3.8) is 0 Å². The van der Waals surface area contributed by atoms with Crippen LogP contribution in [0.5, 0.6) is 0 Å². The van der Waals surface area contributed by atoms with Crippen LogP contribution in [-0.4, -0.2) is 32.9 Å². The van der Waals surface area contributed by atoms with E-state index in [-0.39, 0.29) is 22.6 Å². The summed E-state index contributed by atoms with van der Waals surface area (Å²) in [5.74, 6) is -2.22. The van der Waals surface area contributed by atoms with Crippen LogP contribution < -0.4 is 4.90 Å². The number of aromatic carboxylic acids is 1. The predicted molar refractivity (Wildman–Crippen MR) is 66.6 cm³/mol. The van der Waals surface area contributed by atoms with Gasteiger partial charge in [0.15, 0.2) is 0 Å². The molecule has 7 nitrogen and oxygen atoms in total. The van der Waals surface area contributed by atoms with Crippen LogP contribution in [0.25, 0.3) is 0 Å². The number of pyridine rings is 2. The quantitative estimate of drug-likeness (QED) is 0.815. The summed E-state index contributed by atoms with van der Waals surface area (Å²) in [4.78, 5) is 43.5. The lowest BCUT2D eigenvalue weighted by Crippen LogP contribution is -2.29. The average molecular weight is 269 g/mol. The lowest BCUT2D eigenvalue weighted by Gasteiger charge is -2.12. The molecule has 0 aliphatic carbocycles. The van der Waals surface area contributed by atoms with Crippen molar-refractivity contribution < 1.29 is 19.5 Å². The molecule has 0 spiro atoms. The Bertz CT molecular complexity index is 705. The minimum Gasteiger partial charge on any atom is -0.477 e. The number of carboxylic acid groups (broad SMARTS) is 1. The highest BCUT2D eigenvalue weighted by Gasteiger charge is 2.37. The zero-order chi connectivity index (χ0) is 14.3. The summed E-state index contributed by atoms with van der Waals surface area (Å²) in [6.07, 6.45) is 2.60. The molecular weight excluding hydrogens is 262 g/mol. The fourth-order valence-corrected chi connectivity index (χ4v) is 1.95. The molecule has 3 heterocycles. The number of aromatic nitrogens is 2. The number of anilines is 1. The zero-order valence-electron chi connectivity index (χ0n) is 9.98. The number of carbonyl (C=O) groups excluding carboxylic acids is 2. The van der Waals surface area contributed by atoms with Crippen molar-refractivity contribution in [2.45, 2.75) is 0 Å². The van der Waals surface area contributed by atoms with Crippen molar-refractivity contribution in [1.82, 2.24) is 9.97 Å². The Morgan fingerprint density at radius 3 is 2.50 bits per heavy atom. The third-order valence-corrected chi connectivity index (χ3v) is 2.87. The molecule has 2 aromatic heterocycles. The van der Waals surface area contributed by atoms with Gasteiger partial charge in [-0.05, 0) is 24.3 Å². The van der Waals surface area contributed by atoms with Gasteiger partial charge >= 0.3 is 5.97 Å². The van der Waals surface area contributed by atoms with Crippen molar-refractivity contribution in [3.05, 3.63) is 53.6 Å². The molecule has 1 aliphatic heterocycles. The second-order valence-corrected chi connectivity index (χ2v) is 4.05. The Hall–Kier alpha value is -3.09. The summed E-state index contributed by atoms with van der Waals surface area (Å²) in [7, 11) is 0. The maximum absolute atomic E-state index is 12.1. The minimum atomic E-state index is -1.18. The number of carboxylic acids is 1. The lowest BCUT2D eigenvalue weighted by atomic mass is 10.2. The van der Waals surface area contributed by atoms with Crippen LogP contribution in [0.3, 0.4) is 0 Å². The van der Waals surface area contributed by atoms with Gasteiger partial charge in [-0.3, -0.25) is 14.6 Å². The highest BCUT2D eigenvalue weighted by molar-refractivity contribution is 6.33. The van der Waals surface area contributed by atoms with E-state index in [0.29, 0.717) is 0 Å². The molecule has 98 valence electrons. The van der Waals surface area contributed by atoms with Crippen molar-refractivity contribution >= 4 is 23.5 Å². The van der Waals surface area contributed by atoms with Crippen molar-refractivity contribution in [3.8, 4) is 0 Å². The number of nitrogens with zero attached hydrogens (tertiary/aromatic N) is 3. The predicted octanol–water partition coefficient (Wildman–Crippen LogP) is 0.975. The number of rotatable bonds is 2. The Balaban J connectivity index is 2.02. The Labute approximate surface area is 112 Å². The molecule has 0 fully saturated rings. The third kappa shape index (κ3) is 1.64. The minimum absolute atomic E-state index is 0.0832. The van der Waals surface area contributed by atoms with E-state index < -0.39 is 17.8 Å². The highest BCUT2D eigenvalue weighted by Crippen LogP contribution is 2.26. The van der Waals surface area contributed by atoms with Gasteiger partial charge in [-0.25, -0.2) is 14.7 Å². The topological polar surface area (TPSA) is 100 Å². The summed E-state index contributed by atoms with van der Waals surface area (Å²) in [6, 6.07) is 5.67. The van der Waals surface area contributed by atoms with E-state index in [0.717, 1.165) is 4.90 Å². The van der Waals surface area contributed by atoms with Crippen molar-refractivity contribution in [1.29, 1.82) is 0 Å². The molecule has 0 saturated carbocycles. The average Bonchev–Trinajstić information content (AvgIpc) is 2.72. The van der Waals surface area contributed by atoms with Gasteiger partial charge in [0.05, 0.1) is 17.4 Å². The first-order valence-corrected chi connectivity index (χ1v) is 5.63. The van der Waals surface area contributed by atoms with Crippen LogP contribution in [0.2, 0.25) is 0 Å². The molecule has 2 amide bonds. The molecule has 0 radical (unpaired) electrons. The summed E-state index contributed by atoms with van der Waals surface area (Å²) in [6.45, 7) is 0. The second-order valence-electron chi connectivity index (χ2n) is 4.05. The van der Waals surface area contributed by atoms with Gasteiger partial charge in [0.2, 0.25) is 0 Å². The molecule has 7 heteroatoms. The van der Waals surface area contributed by atoms with Gasteiger partial charge in [0.25, 0.3) is 11.8 Å². The first-order chi connectivity index (χ1) is 9.59. The smallest absolute Gasteiger partial charge is 0.354 e. The fourth-order valence-electron chi connectivity index (χ4n) is 1.95. The monoisotopic (exact) mass is 269 g/mol. The molecule has 1 N–H and O–H groups in total. The Morgan fingerprint density at radius 1 is 1.10 bits per heavy atom. The van der Waals surface area contributed by atoms with Crippen LogP contribution in [0.1, 0.15) is 31.3 Å². The molecule has 20 heavy (non-hydrogen) atoms. The molecule has 0 bridgehead atoms. The Kier molecular flexibility index (Phi) is 2.53. The van der Waals surface area contributed by atoms with Gasteiger partial charge < -0.3 is 5.11 Å². The van der Waals surface area contributed by atoms with E-state index in [9.17, 15) is 14.4 Å². The van der Waals surface area contributed by atoms with Crippen LogP contribution in [0.4, 0.5) is 5.69 Å². The zero-order valence-corrected chi connectivity index (χ0v) is 9.98. The fraction of sp³-hybridized carbons (Fsp3) is 0. The molecule has 0 atom stereocenters. The molecule has 0 unspecified atom stereocenters.